The molecule has 0 aliphatic heterocycles. The Morgan fingerprint density at radius 2 is 1.94 bits per heavy atom. The number of aromatic carboxylic acids is 1. The smallest absolute Gasteiger partial charge is 0.336 e. The normalized spacial score (nSPS) is 14.1. The number of hydrogen-bond donors (Lipinski definition) is 2. The van der Waals surface area contributed by atoms with Gasteiger partial charge in [-0.3, -0.25) is 14.9 Å². The molecule has 1 saturated carbocycles. The molecule has 12 heteroatoms. The largest absolute Gasteiger partial charge is 0.478 e. The first-order valence-corrected chi connectivity index (χ1v) is 12.3. The summed E-state index contributed by atoms with van der Waals surface area (Å²) in [4.78, 5) is 44.9. The Labute approximate surface area is 209 Å². The summed E-state index contributed by atoms with van der Waals surface area (Å²) < 4.78 is 1.84. The second-order valence-electron chi connectivity index (χ2n) is 8.67. The summed E-state index contributed by atoms with van der Waals surface area (Å²) in [6.45, 7) is 1.77. The lowest BCUT2D eigenvalue weighted by molar-refractivity contribution is -0.380. The number of carboxylic acid groups (broad SMARTS) is 1. The molecule has 1 aromatic carbocycles. The number of carboxylic acids is 1. The van der Waals surface area contributed by atoms with Crippen molar-refractivity contribution in [2.24, 2.45) is 0 Å². The molecule has 0 unspecified atom stereocenters. The van der Waals surface area contributed by atoms with Crippen LogP contribution in [-0.2, 0) is 0 Å². The Bertz CT molecular complexity index is 1500. The second-order valence-corrected chi connectivity index (χ2v) is 9.73. The van der Waals surface area contributed by atoms with Gasteiger partial charge in [0.1, 0.15) is 5.82 Å². The van der Waals surface area contributed by atoms with Crippen molar-refractivity contribution >= 4 is 45.1 Å². The Morgan fingerprint density at radius 3 is 2.64 bits per heavy atom. The van der Waals surface area contributed by atoms with Crippen LogP contribution in [0.2, 0.25) is 0 Å². The molecule has 0 spiro atoms. The molecule has 0 radical (unpaired) electrons. The molecular formula is C24H22N6O5S. The molecule has 3 heterocycles. The molecule has 1 aliphatic carbocycles. The van der Waals surface area contributed by atoms with E-state index in [1.54, 1.807) is 25.3 Å². The van der Waals surface area contributed by atoms with Crippen molar-refractivity contribution < 1.29 is 19.6 Å². The van der Waals surface area contributed by atoms with Crippen LogP contribution in [0.25, 0.3) is 22.4 Å². The van der Waals surface area contributed by atoms with Crippen molar-refractivity contribution in [2.45, 2.75) is 45.1 Å². The van der Waals surface area contributed by atoms with Gasteiger partial charge < -0.3 is 10.4 Å². The van der Waals surface area contributed by atoms with Crippen molar-refractivity contribution in [1.82, 2.24) is 19.7 Å². The highest BCUT2D eigenvalue weighted by Gasteiger charge is 2.25. The number of carbonyl (C=O) groups is 2. The van der Waals surface area contributed by atoms with E-state index < -0.39 is 16.8 Å². The third-order valence-corrected chi connectivity index (χ3v) is 7.36. The molecule has 36 heavy (non-hydrogen) atoms. The molecule has 3 aromatic heterocycles. The van der Waals surface area contributed by atoms with E-state index in [-0.39, 0.29) is 33.1 Å². The zero-order valence-electron chi connectivity index (χ0n) is 19.3. The molecule has 184 valence electrons. The van der Waals surface area contributed by atoms with E-state index in [0.29, 0.717) is 22.2 Å². The minimum absolute atomic E-state index is 0.0456. The van der Waals surface area contributed by atoms with Gasteiger partial charge in [-0.25, -0.2) is 19.4 Å². The van der Waals surface area contributed by atoms with Gasteiger partial charge in [-0.1, -0.05) is 42.7 Å². The summed E-state index contributed by atoms with van der Waals surface area (Å²) in [6, 6.07) is 7.70. The van der Waals surface area contributed by atoms with Gasteiger partial charge in [0.25, 0.3) is 5.91 Å². The number of thiophene rings is 1. The summed E-state index contributed by atoms with van der Waals surface area (Å²) in [7, 11) is 0. The van der Waals surface area contributed by atoms with Gasteiger partial charge in [0, 0.05) is 11.6 Å². The molecule has 0 saturated heterocycles. The fraction of sp³-hybridized carbons (Fsp3) is 0.292. The number of hydrogen-bond acceptors (Lipinski definition) is 8. The minimum Gasteiger partial charge on any atom is -0.478 e. The molecule has 0 atom stereocenters. The number of nitrogens with zero attached hydrogens (tertiary/aromatic N) is 5. The minimum atomic E-state index is -1.12. The van der Waals surface area contributed by atoms with Crippen LogP contribution in [-0.4, -0.2) is 41.7 Å². The summed E-state index contributed by atoms with van der Waals surface area (Å²) >= 11 is 0.758. The summed E-state index contributed by atoms with van der Waals surface area (Å²) in [5.74, 6) is -1.36. The van der Waals surface area contributed by atoms with Crippen LogP contribution in [0.3, 0.4) is 0 Å². The fourth-order valence-corrected chi connectivity index (χ4v) is 5.30. The van der Waals surface area contributed by atoms with E-state index >= 15 is 0 Å². The van der Waals surface area contributed by atoms with Crippen LogP contribution >= 0.6 is 11.3 Å². The number of anilines is 1. The molecule has 5 rings (SSSR count). The fourth-order valence-electron chi connectivity index (χ4n) is 4.59. The zero-order chi connectivity index (χ0) is 25.4. The molecule has 4 aromatic rings. The Kier molecular flexibility index (Phi) is 6.18. The van der Waals surface area contributed by atoms with Crippen molar-refractivity contribution in [3.63, 3.8) is 0 Å². The first-order valence-electron chi connectivity index (χ1n) is 11.5. The summed E-state index contributed by atoms with van der Waals surface area (Å²) in [5, 5.41) is 28.5. The number of amides is 1. The molecule has 1 aliphatic rings. The van der Waals surface area contributed by atoms with E-state index in [2.05, 4.69) is 15.4 Å². The van der Waals surface area contributed by atoms with Gasteiger partial charge in [0.15, 0.2) is 11.5 Å². The highest BCUT2D eigenvalue weighted by molar-refractivity contribution is 7.17. The van der Waals surface area contributed by atoms with Crippen LogP contribution in [0.5, 0.6) is 0 Å². The molecule has 1 fully saturated rings. The van der Waals surface area contributed by atoms with E-state index in [1.165, 1.54) is 18.2 Å². The lowest BCUT2D eigenvalue weighted by Crippen LogP contribution is -2.16. The molecule has 0 bridgehead atoms. The van der Waals surface area contributed by atoms with Crippen molar-refractivity contribution in [1.29, 1.82) is 0 Å². The van der Waals surface area contributed by atoms with Gasteiger partial charge in [-0.05, 0) is 37.5 Å². The SMILES string of the molecule is Cc1cccc(C(=O)O)c1-c1nc(NC(=O)c2ccc([N+](=O)[O-])s2)c2cnn(C3CCCCC3)c2n1. The molecule has 1 amide bonds. The quantitative estimate of drug-likeness (QED) is 0.266. The third-order valence-electron chi connectivity index (χ3n) is 6.33. The third kappa shape index (κ3) is 4.31. The van der Waals surface area contributed by atoms with Crippen molar-refractivity contribution in [2.75, 3.05) is 5.32 Å². The maximum Gasteiger partial charge on any atom is 0.336 e. The Balaban J connectivity index is 1.66. The number of nitro groups is 1. The van der Waals surface area contributed by atoms with Crippen LogP contribution in [0, 0.1) is 17.0 Å². The maximum absolute atomic E-state index is 13.0. The highest BCUT2D eigenvalue weighted by atomic mass is 32.1. The number of carbonyl (C=O) groups excluding carboxylic acids is 1. The van der Waals surface area contributed by atoms with Gasteiger partial charge in [0.2, 0.25) is 0 Å². The standard InChI is InChI=1S/C24H22N6O5S/c1-13-6-5-9-15(24(32)33)19(13)21-26-20(28-23(31)17-10-11-18(36-17)30(34)35)16-12-25-29(22(16)27-21)14-7-3-2-4-8-14/h5-6,9-12,14H,2-4,7-8H2,1H3,(H,32,33)(H,26,27,28,31). The number of aryl methyl sites for hydroxylation is 1. The molecule has 11 nitrogen and oxygen atoms in total. The number of fused-ring (bicyclic) bond motifs is 1. The average molecular weight is 507 g/mol. The Hall–Kier alpha value is -4.19. The Morgan fingerprint density at radius 1 is 1.17 bits per heavy atom. The van der Waals surface area contributed by atoms with Crippen molar-refractivity contribution in [3.8, 4) is 11.4 Å². The first kappa shape index (κ1) is 23.5. The van der Waals surface area contributed by atoms with Crippen LogP contribution in [0.15, 0.2) is 36.5 Å². The average Bonchev–Trinajstić information content (AvgIpc) is 3.52. The zero-order valence-corrected chi connectivity index (χ0v) is 20.1. The second kappa shape index (κ2) is 9.46. The number of aromatic nitrogens is 4. The van der Waals surface area contributed by atoms with E-state index in [4.69, 9.17) is 4.98 Å². The van der Waals surface area contributed by atoms with E-state index in [9.17, 15) is 24.8 Å². The number of nitrogens with one attached hydrogen (secondary N) is 1. The molecular weight excluding hydrogens is 484 g/mol. The topological polar surface area (TPSA) is 153 Å². The predicted octanol–water partition coefficient (Wildman–Crippen LogP) is 5.23. The summed E-state index contributed by atoms with van der Waals surface area (Å²) in [6.07, 6.45) is 6.80. The predicted molar refractivity (Wildman–Crippen MR) is 134 cm³/mol. The summed E-state index contributed by atoms with van der Waals surface area (Å²) in [5.41, 5.74) is 1.57. The van der Waals surface area contributed by atoms with Crippen LogP contribution < -0.4 is 5.32 Å². The highest BCUT2D eigenvalue weighted by Crippen LogP contribution is 2.34. The van der Waals surface area contributed by atoms with E-state index in [0.717, 1.165) is 43.4 Å². The molecule has 2 N–H and O–H groups in total. The van der Waals surface area contributed by atoms with Crippen LogP contribution in [0.1, 0.15) is 63.7 Å². The first-order chi connectivity index (χ1) is 17.3. The number of rotatable bonds is 6. The maximum atomic E-state index is 13.0. The van der Waals surface area contributed by atoms with E-state index in [1.807, 2.05) is 4.68 Å². The lowest BCUT2D eigenvalue weighted by atomic mass is 9.96. The lowest BCUT2D eigenvalue weighted by Gasteiger charge is -2.22. The van der Waals surface area contributed by atoms with Gasteiger partial charge in [-0.2, -0.15) is 5.10 Å². The van der Waals surface area contributed by atoms with Gasteiger partial charge in [0.05, 0.1) is 33.0 Å². The van der Waals surface area contributed by atoms with Crippen LogP contribution in [0.4, 0.5) is 10.8 Å². The van der Waals surface area contributed by atoms with Gasteiger partial charge in [-0.15, -0.1) is 0 Å². The monoisotopic (exact) mass is 506 g/mol. The number of benzene rings is 1. The van der Waals surface area contributed by atoms with Crippen molar-refractivity contribution in [3.05, 3.63) is 62.6 Å². The van der Waals surface area contributed by atoms with Gasteiger partial charge >= 0.3 is 11.0 Å².